The van der Waals surface area contributed by atoms with Crippen molar-refractivity contribution in [1.29, 1.82) is 0 Å². The van der Waals surface area contributed by atoms with Gasteiger partial charge in [-0.2, -0.15) is 0 Å². The lowest BCUT2D eigenvalue weighted by atomic mass is 9.99. The van der Waals surface area contributed by atoms with E-state index < -0.39 is 0 Å². The number of hydrogen-bond donors (Lipinski definition) is 1. The van der Waals surface area contributed by atoms with Crippen LogP contribution in [0, 0.1) is 17.8 Å². The minimum Gasteiger partial charge on any atom is -0.497 e. The van der Waals surface area contributed by atoms with Crippen LogP contribution in [0.2, 0.25) is 0 Å². The zero-order valence-corrected chi connectivity index (χ0v) is 23.8. The average Bonchev–Trinajstić information content (AvgIpc) is 3.17. The van der Waals surface area contributed by atoms with Gasteiger partial charge >= 0.3 is 0 Å². The molecular weight excluding hydrogens is 446 g/mol. The van der Waals surface area contributed by atoms with Crippen LogP contribution in [0.25, 0.3) is 12.2 Å². The number of imidazole rings is 1. The lowest BCUT2D eigenvalue weighted by molar-refractivity contribution is 0.227. The number of benzene rings is 1. The van der Waals surface area contributed by atoms with Gasteiger partial charge in [0.15, 0.2) is 0 Å². The van der Waals surface area contributed by atoms with Gasteiger partial charge in [0.1, 0.15) is 5.75 Å². The third-order valence-electron chi connectivity index (χ3n) is 6.91. The highest BCUT2D eigenvalue weighted by molar-refractivity contribution is 5.56. The molecule has 0 bridgehead atoms. The predicted molar refractivity (Wildman–Crippen MR) is 153 cm³/mol. The number of hydrogen-bond acceptors (Lipinski definition) is 5. The van der Waals surface area contributed by atoms with Crippen molar-refractivity contribution in [2.24, 2.45) is 17.8 Å². The zero-order chi connectivity index (χ0) is 26.1. The first kappa shape index (κ1) is 28.3. The third-order valence-corrected chi connectivity index (χ3v) is 6.91. The van der Waals surface area contributed by atoms with Crippen LogP contribution < -0.4 is 20.8 Å². The molecule has 6 heteroatoms. The van der Waals surface area contributed by atoms with Gasteiger partial charge in [0, 0.05) is 18.8 Å². The molecule has 0 amide bonds. The Morgan fingerprint density at radius 1 is 1.03 bits per heavy atom. The quantitative estimate of drug-likeness (QED) is 0.392. The van der Waals surface area contributed by atoms with E-state index in [0.29, 0.717) is 5.92 Å². The number of nitrogens with zero attached hydrogens (tertiary/aromatic N) is 4. The van der Waals surface area contributed by atoms with Crippen LogP contribution >= 0.6 is 0 Å². The first-order chi connectivity index (χ1) is 17.2. The number of rotatable bonds is 15. The summed E-state index contributed by atoms with van der Waals surface area (Å²) in [5.74, 6) is 3.79. The van der Waals surface area contributed by atoms with Crippen molar-refractivity contribution >= 4 is 23.8 Å². The van der Waals surface area contributed by atoms with Crippen LogP contribution in [0.1, 0.15) is 53.4 Å². The first-order valence-electron chi connectivity index (χ1n) is 13.8. The monoisotopic (exact) mass is 495 g/mol. The largest absolute Gasteiger partial charge is 0.497 e. The second kappa shape index (κ2) is 13.8. The molecule has 0 radical (unpaired) electrons. The maximum absolute atomic E-state index is 5.32. The molecule has 0 spiro atoms. The van der Waals surface area contributed by atoms with Gasteiger partial charge in [-0.1, -0.05) is 39.8 Å². The average molecular weight is 496 g/mol. The molecule has 0 fully saturated rings. The fourth-order valence-corrected chi connectivity index (χ4v) is 4.67. The number of anilines is 2. The Kier molecular flexibility index (Phi) is 10.9. The normalized spacial score (nSPS) is 15.4. The second-order valence-electron chi connectivity index (χ2n) is 11.4. The second-order valence-corrected chi connectivity index (χ2v) is 11.4. The van der Waals surface area contributed by atoms with Crippen LogP contribution in [0.5, 0.6) is 5.75 Å². The summed E-state index contributed by atoms with van der Waals surface area (Å²) >= 11 is 0. The summed E-state index contributed by atoms with van der Waals surface area (Å²) in [5, 5.41) is 5.96. The molecule has 36 heavy (non-hydrogen) atoms. The number of fused-ring (bicyclic) bond motifs is 1. The summed E-state index contributed by atoms with van der Waals surface area (Å²) in [6.07, 6.45) is 9.51. The number of nitrogens with one attached hydrogen (secondary N) is 1. The van der Waals surface area contributed by atoms with Gasteiger partial charge in [0.2, 0.25) is 5.95 Å². The Morgan fingerprint density at radius 2 is 1.69 bits per heavy atom. The molecule has 1 aromatic heterocycles. The molecule has 1 heterocycles. The molecule has 1 N–H and O–H groups in total. The lowest BCUT2D eigenvalue weighted by Gasteiger charge is -2.27. The molecule has 3 rings (SSSR count). The Bertz CT molecular complexity index is 1030. The zero-order valence-electron chi connectivity index (χ0n) is 23.8. The van der Waals surface area contributed by atoms with Crippen LogP contribution in [-0.2, 0) is 6.54 Å². The Balaban J connectivity index is 1.84. The summed E-state index contributed by atoms with van der Waals surface area (Å²) in [6.45, 7) is 14.8. The lowest BCUT2D eigenvalue weighted by Crippen LogP contribution is -2.38. The van der Waals surface area contributed by atoms with Crippen LogP contribution in [0.15, 0.2) is 24.3 Å². The van der Waals surface area contributed by atoms with E-state index in [0.717, 1.165) is 67.0 Å². The predicted octanol–water partition coefficient (Wildman–Crippen LogP) is 4.56. The van der Waals surface area contributed by atoms with Crippen LogP contribution in [0.4, 0.5) is 11.6 Å². The van der Waals surface area contributed by atoms with Gasteiger partial charge in [-0.3, -0.25) is 0 Å². The highest BCUT2D eigenvalue weighted by Crippen LogP contribution is 2.19. The van der Waals surface area contributed by atoms with Crippen molar-refractivity contribution in [2.75, 3.05) is 52.7 Å². The highest BCUT2D eigenvalue weighted by Gasteiger charge is 2.18. The van der Waals surface area contributed by atoms with Crippen molar-refractivity contribution < 1.29 is 4.74 Å². The van der Waals surface area contributed by atoms with E-state index in [-0.39, 0.29) is 0 Å². The Labute approximate surface area is 219 Å². The smallest absolute Gasteiger partial charge is 0.208 e. The molecule has 0 saturated heterocycles. The van der Waals surface area contributed by atoms with Gasteiger partial charge in [-0.15, -0.1) is 0 Å². The van der Waals surface area contributed by atoms with E-state index in [9.17, 15) is 0 Å². The van der Waals surface area contributed by atoms with Gasteiger partial charge in [0.05, 0.1) is 17.8 Å². The van der Waals surface area contributed by atoms with Gasteiger partial charge in [-0.25, -0.2) is 4.98 Å². The topological polar surface area (TPSA) is 45.6 Å². The number of methoxy groups -OCH3 is 1. The third kappa shape index (κ3) is 8.67. The fourth-order valence-electron chi connectivity index (χ4n) is 4.67. The molecule has 1 unspecified atom stereocenters. The molecule has 2 aromatic rings. The standard InChI is InChI=1S/C30H49N5O/c1-23(2)15-19-34(20-16-24(3)4)22-25-9-14-28-29(21-25)35(18-8-17-33(5)6)30(32-28)31-26-10-12-27(36-7)13-11-26/h10-14,21,23-25H,8-9,15-20,22H2,1-7H3,(H,31,32). The summed E-state index contributed by atoms with van der Waals surface area (Å²) in [6, 6.07) is 8.07. The molecule has 200 valence electrons. The van der Waals surface area contributed by atoms with Crippen molar-refractivity contribution in [1.82, 2.24) is 19.4 Å². The minimum atomic E-state index is 0.523. The Hall–Kier alpha value is -2.31. The van der Waals surface area contributed by atoms with Crippen molar-refractivity contribution in [2.45, 2.75) is 59.9 Å². The molecule has 6 nitrogen and oxygen atoms in total. The van der Waals surface area contributed by atoms with Gasteiger partial charge in [0.25, 0.3) is 0 Å². The minimum absolute atomic E-state index is 0.523. The SMILES string of the molecule is COc1ccc(Nc2nc3c(n2CCCN(C)C)=CC(CN(CCC(C)C)CCC(C)C)CC=3)cc1. The maximum Gasteiger partial charge on any atom is 0.208 e. The highest BCUT2D eigenvalue weighted by atomic mass is 16.5. The molecular formula is C30H49N5O. The van der Waals surface area contributed by atoms with Crippen molar-refractivity contribution in [3.63, 3.8) is 0 Å². The summed E-state index contributed by atoms with van der Waals surface area (Å²) in [5.41, 5.74) is 1.03. The molecule has 1 aromatic carbocycles. The Morgan fingerprint density at radius 3 is 2.28 bits per heavy atom. The molecule has 1 aliphatic carbocycles. The van der Waals surface area contributed by atoms with Gasteiger partial charge in [-0.05, 0) is 101 Å². The molecule has 1 aliphatic rings. The molecule has 0 saturated carbocycles. The first-order valence-corrected chi connectivity index (χ1v) is 13.8. The van der Waals surface area contributed by atoms with E-state index in [2.05, 4.69) is 73.6 Å². The summed E-state index contributed by atoms with van der Waals surface area (Å²) in [4.78, 5) is 9.97. The van der Waals surface area contributed by atoms with E-state index in [4.69, 9.17) is 9.72 Å². The van der Waals surface area contributed by atoms with Crippen molar-refractivity contribution in [3.8, 4) is 5.75 Å². The summed E-state index contributed by atoms with van der Waals surface area (Å²) in [7, 11) is 5.97. The fraction of sp³-hybridized carbons (Fsp3) is 0.633. The van der Waals surface area contributed by atoms with Crippen LogP contribution in [-0.4, -0.2) is 66.7 Å². The van der Waals surface area contributed by atoms with E-state index >= 15 is 0 Å². The van der Waals surface area contributed by atoms with Crippen LogP contribution in [0.3, 0.4) is 0 Å². The van der Waals surface area contributed by atoms with Gasteiger partial charge < -0.3 is 24.4 Å². The maximum atomic E-state index is 5.32. The van der Waals surface area contributed by atoms with E-state index in [1.165, 1.54) is 31.3 Å². The van der Waals surface area contributed by atoms with Crippen molar-refractivity contribution in [3.05, 3.63) is 35.0 Å². The van der Waals surface area contributed by atoms with E-state index in [1.807, 2.05) is 24.3 Å². The van der Waals surface area contributed by atoms with E-state index in [1.54, 1.807) is 7.11 Å². The number of ether oxygens (including phenoxy) is 1. The number of aromatic nitrogens is 2. The molecule has 0 aliphatic heterocycles. The summed E-state index contributed by atoms with van der Waals surface area (Å²) < 4.78 is 7.71. The molecule has 1 atom stereocenters.